The molecule has 0 spiro atoms. The predicted octanol–water partition coefficient (Wildman–Crippen LogP) is 3.71. The lowest BCUT2D eigenvalue weighted by atomic mass is 9.70. The zero-order chi connectivity index (χ0) is 10.8. The van der Waals surface area contributed by atoms with Crippen molar-refractivity contribution in [1.82, 2.24) is 5.32 Å². The number of hydrogen-bond acceptors (Lipinski definition) is 1. The van der Waals surface area contributed by atoms with Crippen molar-refractivity contribution in [3.63, 3.8) is 0 Å². The van der Waals surface area contributed by atoms with Gasteiger partial charge < -0.3 is 5.32 Å². The number of halogens is 2. The molecule has 0 amide bonds. The molecule has 1 fully saturated rings. The summed E-state index contributed by atoms with van der Waals surface area (Å²) in [5.74, 6) is 1.30. The van der Waals surface area contributed by atoms with Gasteiger partial charge in [-0.2, -0.15) is 0 Å². The molecule has 1 aromatic carbocycles. The molecule has 2 unspecified atom stereocenters. The minimum Gasteiger partial charge on any atom is -0.319 e. The first-order valence-electron chi connectivity index (χ1n) is 5.32. The fourth-order valence-electron chi connectivity index (χ4n) is 2.29. The third kappa shape index (κ3) is 2.15. The van der Waals surface area contributed by atoms with Crippen LogP contribution in [-0.4, -0.2) is 13.6 Å². The Morgan fingerprint density at radius 1 is 1.33 bits per heavy atom. The van der Waals surface area contributed by atoms with E-state index in [1.165, 1.54) is 18.4 Å². The average Bonchev–Trinajstić information content (AvgIpc) is 2.20. The molecule has 2 atom stereocenters. The number of hydrogen-bond donors (Lipinski definition) is 1. The highest BCUT2D eigenvalue weighted by Gasteiger charge is 2.32. The molecule has 2 rings (SSSR count). The molecule has 1 aromatic rings. The van der Waals surface area contributed by atoms with E-state index < -0.39 is 0 Å². The van der Waals surface area contributed by atoms with Gasteiger partial charge in [-0.25, -0.2) is 0 Å². The molecular weight excluding hydrogens is 229 g/mol. The minimum absolute atomic E-state index is 0.587. The van der Waals surface area contributed by atoms with Crippen molar-refractivity contribution in [1.29, 1.82) is 0 Å². The summed E-state index contributed by atoms with van der Waals surface area (Å²) >= 11 is 12.2. The smallest absolute Gasteiger partial charge is 0.0627 e. The van der Waals surface area contributed by atoms with Crippen LogP contribution >= 0.6 is 23.2 Å². The second-order valence-electron chi connectivity index (χ2n) is 4.14. The molecule has 0 aromatic heterocycles. The van der Waals surface area contributed by atoms with Crippen LogP contribution in [0.3, 0.4) is 0 Å². The van der Waals surface area contributed by atoms with Gasteiger partial charge >= 0.3 is 0 Å². The Labute approximate surface area is 101 Å². The van der Waals surface area contributed by atoms with Gasteiger partial charge in [0.15, 0.2) is 0 Å². The van der Waals surface area contributed by atoms with Crippen molar-refractivity contribution in [2.45, 2.75) is 18.8 Å². The first-order valence-corrected chi connectivity index (χ1v) is 6.08. The van der Waals surface area contributed by atoms with E-state index in [4.69, 9.17) is 23.2 Å². The minimum atomic E-state index is 0.587. The number of rotatable bonds is 3. The summed E-state index contributed by atoms with van der Waals surface area (Å²) in [7, 11) is 1.99. The highest BCUT2D eigenvalue weighted by Crippen LogP contribution is 2.45. The molecule has 0 aliphatic heterocycles. The van der Waals surface area contributed by atoms with Crippen LogP contribution in [-0.2, 0) is 0 Å². The van der Waals surface area contributed by atoms with E-state index >= 15 is 0 Å². The second kappa shape index (κ2) is 4.73. The SMILES string of the molecule is CNCC1CCC1c1cccc(Cl)c1Cl. The fourth-order valence-corrected chi connectivity index (χ4v) is 2.74. The lowest BCUT2D eigenvalue weighted by molar-refractivity contribution is 0.251. The quantitative estimate of drug-likeness (QED) is 0.854. The molecule has 3 heteroatoms. The highest BCUT2D eigenvalue weighted by atomic mass is 35.5. The van der Waals surface area contributed by atoms with Gasteiger partial charge in [-0.15, -0.1) is 0 Å². The van der Waals surface area contributed by atoms with Crippen LogP contribution in [0.25, 0.3) is 0 Å². The first-order chi connectivity index (χ1) is 7.24. The van der Waals surface area contributed by atoms with Crippen molar-refractivity contribution in [2.24, 2.45) is 5.92 Å². The summed E-state index contributed by atoms with van der Waals surface area (Å²) in [4.78, 5) is 0. The largest absolute Gasteiger partial charge is 0.319 e. The molecule has 15 heavy (non-hydrogen) atoms. The molecule has 1 saturated carbocycles. The van der Waals surface area contributed by atoms with Gasteiger partial charge in [-0.3, -0.25) is 0 Å². The van der Waals surface area contributed by atoms with E-state index in [1.807, 2.05) is 19.2 Å². The van der Waals surface area contributed by atoms with Crippen LogP contribution in [0.2, 0.25) is 10.0 Å². The Morgan fingerprint density at radius 2 is 2.13 bits per heavy atom. The van der Waals surface area contributed by atoms with Gasteiger partial charge in [-0.1, -0.05) is 35.3 Å². The summed E-state index contributed by atoms with van der Waals surface area (Å²) in [6.45, 7) is 1.06. The monoisotopic (exact) mass is 243 g/mol. The maximum Gasteiger partial charge on any atom is 0.0627 e. The Morgan fingerprint density at radius 3 is 2.73 bits per heavy atom. The zero-order valence-corrected chi connectivity index (χ0v) is 10.3. The molecule has 1 aliphatic rings. The maximum atomic E-state index is 6.21. The maximum absolute atomic E-state index is 6.21. The van der Waals surface area contributed by atoms with Crippen molar-refractivity contribution in [2.75, 3.05) is 13.6 Å². The van der Waals surface area contributed by atoms with Crippen LogP contribution in [0.5, 0.6) is 0 Å². The Bertz CT molecular complexity index is 351. The van der Waals surface area contributed by atoms with Gasteiger partial charge in [0, 0.05) is 0 Å². The van der Waals surface area contributed by atoms with Crippen LogP contribution < -0.4 is 5.32 Å². The summed E-state index contributed by atoms with van der Waals surface area (Å²) in [5, 5.41) is 4.64. The summed E-state index contributed by atoms with van der Waals surface area (Å²) < 4.78 is 0. The van der Waals surface area contributed by atoms with E-state index in [-0.39, 0.29) is 0 Å². The lowest BCUT2D eigenvalue weighted by Crippen LogP contribution is -2.32. The second-order valence-corrected chi connectivity index (χ2v) is 4.93. The van der Waals surface area contributed by atoms with Crippen LogP contribution in [0, 0.1) is 5.92 Å². The molecule has 1 aliphatic carbocycles. The van der Waals surface area contributed by atoms with E-state index in [2.05, 4.69) is 11.4 Å². The van der Waals surface area contributed by atoms with E-state index in [9.17, 15) is 0 Å². The normalized spacial score (nSPS) is 25.0. The highest BCUT2D eigenvalue weighted by molar-refractivity contribution is 6.42. The van der Waals surface area contributed by atoms with Gasteiger partial charge in [-0.05, 0) is 49.9 Å². The first kappa shape index (κ1) is 11.3. The van der Waals surface area contributed by atoms with E-state index in [0.29, 0.717) is 16.9 Å². The van der Waals surface area contributed by atoms with Crippen molar-refractivity contribution >= 4 is 23.2 Å². The van der Waals surface area contributed by atoms with Gasteiger partial charge in [0.1, 0.15) is 0 Å². The number of nitrogens with one attached hydrogen (secondary N) is 1. The Kier molecular flexibility index (Phi) is 3.55. The molecule has 82 valence electrons. The topological polar surface area (TPSA) is 12.0 Å². The molecule has 0 bridgehead atoms. The molecule has 0 saturated heterocycles. The summed E-state index contributed by atoms with van der Waals surface area (Å²) in [6, 6.07) is 5.93. The van der Waals surface area contributed by atoms with Crippen molar-refractivity contribution in [3.8, 4) is 0 Å². The van der Waals surface area contributed by atoms with Crippen LogP contribution in [0.1, 0.15) is 24.3 Å². The Balaban J connectivity index is 2.19. The van der Waals surface area contributed by atoms with Gasteiger partial charge in [0.05, 0.1) is 10.0 Å². The van der Waals surface area contributed by atoms with E-state index in [1.54, 1.807) is 0 Å². The van der Waals surface area contributed by atoms with Crippen LogP contribution in [0.4, 0.5) is 0 Å². The van der Waals surface area contributed by atoms with E-state index in [0.717, 1.165) is 11.6 Å². The van der Waals surface area contributed by atoms with Gasteiger partial charge in [0.2, 0.25) is 0 Å². The molecule has 1 nitrogen and oxygen atoms in total. The molecule has 0 radical (unpaired) electrons. The van der Waals surface area contributed by atoms with Crippen LogP contribution in [0.15, 0.2) is 18.2 Å². The predicted molar refractivity (Wildman–Crippen MR) is 65.9 cm³/mol. The molecular formula is C12H15Cl2N. The van der Waals surface area contributed by atoms with Crippen molar-refractivity contribution in [3.05, 3.63) is 33.8 Å². The lowest BCUT2D eigenvalue weighted by Gasteiger charge is -2.37. The third-order valence-corrected chi connectivity index (χ3v) is 4.10. The standard InChI is InChI=1S/C12H15Cl2N/c1-15-7-8-5-6-9(8)10-3-2-4-11(13)12(10)14/h2-4,8-9,15H,5-7H2,1H3. The Hall–Kier alpha value is -0.240. The number of benzene rings is 1. The average molecular weight is 244 g/mol. The van der Waals surface area contributed by atoms with Crippen molar-refractivity contribution < 1.29 is 0 Å². The molecule has 0 heterocycles. The fraction of sp³-hybridized carbons (Fsp3) is 0.500. The third-order valence-electron chi connectivity index (χ3n) is 3.26. The molecule has 1 N–H and O–H groups in total. The zero-order valence-electron chi connectivity index (χ0n) is 8.76. The van der Waals surface area contributed by atoms with Gasteiger partial charge in [0.25, 0.3) is 0 Å². The summed E-state index contributed by atoms with van der Waals surface area (Å²) in [6.07, 6.45) is 2.51. The summed E-state index contributed by atoms with van der Waals surface area (Å²) in [5.41, 5.74) is 1.22.